The highest BCUT2D eigenvalue weighted by Gasteiger charge is 2.11. The summed E-state index contributed by atoms with van der Waals surface area (Å²) in [6, 6.07) is 5.17. The van der Waals surface area contributed by atoms with E-state index < -0.39 is 5.97 Å². The van der Waals surface area contributed by atoms with Crippen molar-refractivity contribution in [3.8, 4) is 11.5 Å². The predicted molar refractivity (Wildman–Crippen MR) is 50.9 cm³/mol. The molecule has 0 aliphatic heterocycles. The molecule has 1 N–H and O–H groups in total. The largest absolute Gasteiger partial charge is 0.493 e. The van der Waals surface area contributed by atoms with Crippen LogP contribution in [0.1, 0.15) is 5.56 Å². The van der Waals surface area contributed by atoms with Crippen molar-refractivity contribution >= 4 is 5.97 Å². The van der Waals surface area contributed by atoms with Gasteiger partial charge in [-0.2, -0.15) is 0 Å². The van der Waals surface area contributed by atoms with E-state index in [4.69, 9.17) is 14.6 Å². The van der Waals surface area contributed by atoms with Crippen LogP contribution in [0.2, 0.25) is 0 Å². The van der Waals surface area contributed by atoms with Crippen LogP contribution in [-0.2, 0) is 11.2 Å². The lowest BCUT2D eigenvalue weighted by Gasteiger charge is -2.10. The maximum Gasteiger partial charge on any atom is 0.307 e. The maximum atomic E-state index is 10.5. The van der Waals surface area contributed by atoms with Gasteiger partial charge in [0.1, 0.15) is 0 Å². The van der Waals surface area contributed by atoms with Crippen LogP contribution in [0.15, 0.2) is 18.2 Å². The van der Waals surface area contributed by atoms with Gasteiger partial charge >= 0.3 is 5.97 Å². The fraction of sp³-hybridized carbons (Fsp3) is 0.300. The Morgan fingerprint density at radius 3 is 2.57 bits per heavy atom. The van der Waals surface area contributed by atoms with E-state index >= 15 is 0 Å². The number of para-hydroxylation sites is 1. The van der Waals surface area contributed by atoms with Crippen LogP contribution in [-0.4, -0.2) is 25.3 Å². The minimum Gasteiger partial charge on any atom is -0.493 e. The monoisotopic (exact) mass is 196 g/mol. The van der Waals surface area contributed by atoms with Crippen molar-refractivity contribution < 1.29 is 19.4 Å². The Labute approximate surface area is 82.1 Å². The first-order valence-corrected chi connectivity index (χ1v) is 4.10. The Morgan fingerprint density at radius 2 is 2.07 bits per heavy atom. The van der Waals surface area contributed by atoms with Gasteiger partial charge in [0.05, 0.1) is 20.6 Å². The highest BCUT2D eigenvalue weighted by atomic mass is 16.5. The van der Waals surface area contributed by atoms with E-state index in [1.165, 1.54) is 14.2 Å². The summed E-state index contributed by atoms with van der Waals surface area (Å²) in [5.41, 5.74) is 0.611. The normalized spacial score (nSPS) is 9.57. The molecule has 0 bridgehead atoms. The zero-order valence-corrected chi connectivity index (χ0v) is 8.11. The number of hydrogen-bond acceptors (Lipinski definition) is 3. The summed E-state index contributed by atoms with van der Waals surface area (Å²) in [6.07, 6.45) is -0.0691. The van der Waals surface area contributed by atoms with Crippen LogP contribution < -0.4 is 9.47 Å². The van der Waals surface area contributed by atoms with Crippen LogP contribution in [0.25, 0.3) is 0 Å². The molecule has 0 atom stereocenters. The standard InChI is InChI=1S/C10H12O4/c1-13-8-5-3-4-7(6-9(11)12)10(8)14-2/h3-5H,6H2,1-2H3,(H,11,12). The molecule has 0 aromatic heterocycles. The summed E-state index contributed by atoms with van der Waals surface area (Å²) in [5, 5.41) is 8.65. The molecule has 0 amide bonds. The summed E-state index contributed by atoms with van der Waals surface area (Å²) in [4.78, 5) is 10.5. The first-order valence-electron chi connectivity index (χ1n) is 4.10. The number of rotatable bonds is 4. The van der Waals surface area contributed by atoms with Gasteiger partial charge in [-0.25, -0.2) is 0 Å². The summed E-state index contributed by atoms with van der Waals surface area (Å²) in [5.74, 6) is 0.139. The molecular formula is C10H12O4. The van der Waals surface area contributed by atoms with E-state index in [-0.39, 0.29) is 6.42 Å². The van der Waals surface area contributed by atoms with Crippen molar-refractivity contribution in [3.63, 3.8) is 0 Å². The Balaban J connectivity index is 3.08. The molecule has 0 spiro atoms. The van der Waals surface area contributed by atoms with Crippen molar-refractivity contribution in [2.24, 2.45) is 0 Å². The molecule has 1 aromatic carbocycles. The molecule has 0 heterocycles. The van der Waals surface area contributed by atoms with Gasteiger partial charge in [0.15, 0.2) is 11.5 Å². The van der Waals surface area contributed by atoms with Crippen LogP contribution in [0.4, 0.5) is 0 Å². The third-order valence-corrected chi connectivity index (χ3v) is 1.83. The average Bonchev–Trinajstić information content (AvgIpc) is 2.16. The van der Waals surface area contributed by atoms with Crippen molar-refractivity contribution in [1.29, 1.82) is 0 Å². The first-order chi connectivity index (χ1) is 6.69. The minimum atomic E-state index is -0.892. The van der Waals surface area contributed by atoms with E-state index in [9.17, 15) is 4.79 Å². The van der Waals surface area contributed by atoms with Gasteiger partial charge < -0.3 is 14.6 Å². The van der Waals surface area contributed by atoms with Crippen molar-refractivity contribution in [3.05, 3.63) is 23.8 Å². The van der Waals surface area contributed by atoms with Crippen molar-refractivity contribution in [1.82, 2.24) is 0 Å². The Bertz CT molecular complexity index is 333. The third kappa shape index (κ3) is 2.16. The molecule has 4 nitrogen and oxygen atoms in total. The second-order valence-corrected chi connectivity index (χ2v) is 2.72. The third-order valence-electron chi connectivity index (χ3n) is 1.83. The molecule has 0 aliphatic carbocycles. The molecule has 0 radical (unpaired) electrons. The average molecular weight is 196 g/mol. The number of aliphatic carboxylic acids is 1. The Kier molecular flexibility index (Phi) is 3.34. The zero-order valence-electron chi connectivity index (χ0n) is 8.11. The molecule has 0 saturated heterocycles. The summed E-state index contributed by atoms with van der Waals surface area (Å²) >= 11 is 0. The van der Waals surface area contributed by atoms with Crippen molar-refractivity contribution in [2.75, 3.05) is 14.2 Å². The number of hydrogen-bond donors (Lipinski definition) is 1. The van der Waals surface area contributed by atoms with Gasteiger partial charge in [0, 0.05) is 5.56 Å². The molecule has 0 unspecified atom stereocenters. The van der Waals surface area contributed by atoms with Gasteiger partial charge in [-0.15, -0.1) is 0 Å². The zero-order chi connectivity index (χ0) is 10.6. The molecule has 1 rings (SSSR count). The van der Waals surface area contributed by atoms with E-state index in [0.717, 1.165) is 0 Å². The Morgan fingerprint density at radius 1 is 1.36 bits per heavy atom. The number of methoxy groups -OCH3 is 2. The Hall–Kier alpha value is -1.71. The van der Waals surface area contributed by atoms with Crippen LogP contribution in [0.3, 0.4) is 0 Å². The lowest BCUT2D eigenvalue weighted by Crippen LogP contribution is -2.03. The lowest BCUT2D eigenvalue weighted by atomic mass is 10.1. The van der Waals surface area contributed by atoms with Gasteiger partial charge in [0.2, 0.25) is 0 Å². The number of carboxylic acid groups (broad SMARTS) is 1. The summed E-state index contributed by atoms with van der Waals surface area (Å²) in [6.45, 7) is 0. The van der Waals surface area contributed by atoms with Crippen LogP contribution in [0, 0.1) is 0 Å². The number of carboxylic acids is 1. The summed E-state index contributed by atoms with van der Waals surface area (Å²) < 4.78 is 10.1. The quantitative estimate of drug-likeness (QED) is 0.789. The number of benzene rings is 1. The number of carbonyl (C=O) groups is 1. The fourth-order valence-corrected chi connectivity index (χ4v) is 1.26. The summed E-state index contributed by atoms with van der Waals surface area (Å²) in [7, 11) is 3.01. The molecule has 0 aliphatic rings. The minimum absolute atomic E-state index is 0.0691. The second-order valence-electron chi connectivity index (χ2n) is 2.72. The fourth-order valence-electron chi connectivity index (χ4n) is 1.26. The predicted octanol–water partition coefficient (Wildman–Crippen LogP) is 1.33. The lowest BCUT2D eigenvalue weighted by molar-refractivity contribution is -0.136. The van der Waals surface area contributed by atoms with Gasteiger partial charge in [-0.05, 0) is 6.07 Å². The van der Waals surface area contributed by atoms with Crippen LogP contribution >= 0.6 is 0 Å². The molecule has 1 aromatic rings. The molecule has 4 heteroatoms. The van der Waals surface area contributed by atoms with Gasteiger partial charge in [-0.3, -0.25) is 4.79 Å². The van der Waals surface area contributed by atoms with Gasteiger partial charge in [-0.1, -0.05) is 12.1 Å². The molecule has 76 valence electrons. The topological polar surface area (TPSA) is 55.8 Å². The highest BCUT2D eigenvalue weighted by Crippen LogP contribution is 2.30. The van der Waals surface area contributed by atoms with Gasteiger partial charge in [0.25, 0.3) is 0 Å². The SMILES string of the molecule is COc1cccc(CC(=O)O)c1OC. The van der Waals surface area contributed by atoms with E-state index in [1.807, 2.05) is 0 Å². The van der Waals surface area contributed by atoms with E-state index in [0.29, 0.717) is 17.1 Å². The van der Waals surface area contributed by atoms with Crippen molar-refractivity contribution in [2.45, 2.75) is 6.42 Å². The van der Waals surface area contributed by atoms with Crippen LogP contribution in [0.5, 0.6) is 11.5 Å². The molecular weight excluding hydrogens is 184 g/mol. The maximum absolute atomic E-state index is 10.5. The molecule has 0 saturated carbocycles. The molecule has 14 heavy (non-hydrogen) atoms. The first kappa shape index (κ1) is 10.4. The van der Waals surface area contributed by atoms with E-state index in [1.54, 1.807) is 18.2 Å². The number of ether oxygens (including phenoxy) is 2. The van der Waals surface area contributed by atoms with E-state index in [2.05, 4.69) is 0 Å². The smallest absolute Gasteiger partial charge is 0.307 e. The molecule has 0 fully saturated rings. The highest BCUT2D eigenvalue weighted by molar-refractivity contribution is 5.72. The second kappa shape index (κ2) is 4.50.